The maximum absolute atomic E-state index is 12.7. The standard InChI is InChI=1S/C25H24N2O5/c1-12-10-20-23(24-22(12)13(2)15(4)31-24)14(3)19(25(30)32-20)11-21(29)27-18-8-6-17(7-9-18)26-16(5)28/h6-10H,11H2,1-5H3,(H,26,28)(H,27,29). The summed E-state index contributed by atoms with van der Waals surface area (Å²) in [6, 6.07) is 8.58. The van der Waals surface area contributed by atoms with Gasteiger partial charge in [0.05, 0.1) is 17.4 Å². The van der Waals surface area contributed by atoms with Gasteiger partial charge < -0.3 is 19.5 Å². The molecular weight excluding hydrogens is 408 g/mol. The largest absolute Gasteiger partial charge is 0.460 e. The Balaban J connectivity index is 1.68. The second kappa shape index (κ2) is 8.00. The fourth-order valence-corrected chi connectivity index (χ4v) is 4.04. The van der Waals surface area contributed by atoms with E-state index in [2.05, 4.69) is 10.6 Å². The van der Waals surface area contributed by atoms with Crippen molar-refractivity contribution in [2.24, 2.45) is 0 Å². The van der Waals surface area contributed by atoms with Gasteiger partial charge in [0.25, 0.3) is 0 Å². The number of rotatable bonds is 4. The molecule has 0 aliphatic carbocycles. The fraction of sp³-hybridized carbons (Fsp3) is 0.240. The molecule has 7 heteroatoms. The van der Waals surface area contributed by atoms with Crippen LogP contribution in [0.25, 0.3) is 21.9 Å². The van der Waals surface area contributed by atoms with Gasteiger partial charge in [-0.3, -0.25) is 9.59 Å². The van der Waals surface area contributed by atoms with Crippen LogP contribution in [0.3, 0.4) is 0 Å². The zero-order valence-corrected chi connectivity index (χ0v) is 18.6. The van der Waals surface area contributed by atoms with Gasteiger partial charge in [-0.15, -0.1) is 0 Å². The maximum Gasteiger partial charge on any atom is 0.340 e. The summed E-state index contributed by atoms with van der Waals surface area (Å²) in [4.78, 5) is 36.5. The molecule has 0 aliphatic heterocycles. The van der Waals surface area contributed by atoms with Crippen LogP contribution in [0.5, 0.6) is 0 Å². The summed E-state index contributed by atoms with van der Waals surface area (Å²) in [7, 11) is 0. The summed E-state index contributed by atoms with van der Waals surface area (Å²) in [5, 5.41) is 7.16. The number of carbonyl (C=O) groups is 2. The average Bonchev–Trinajstić information content (AvgIpc) is 3.01. The molecule has 2 N–H and O–H groups in total. The van der Waals surface area contributed by atoms with Gasteiger partial charge in [-0.05, 0) is 74.7 Å². The number of amides is 2. The van der Waals surface area contributed by atoms with Crippen molar-refractivity contribution in [2.75, 3.05) is 10.6 Å². The Bertz CT molecular complexity index is 1440. The summed E-state index contributed by atoms with van der Waals surface area (Å²) in [6.07, 6.45) is -0.133. The molecule has 0 aliphatic rings. The molecule has 7 nitrogen and oxygen atoms in total. The molecule has 32 heavy (non-hydrogen) atoms. The maximum atomic E-state index is 12.7. The molecule has 0 saturated heterocycles. The fourth-order valence-electron chi connectivity index (χ4n) is 4.04. The van der Waals surface area contributed by atoms with Crippen molar-refractivity contribution in [3.8, 4) is 0 Å². The van der Waals surface area contributed by atoms with Crippen molar-refractivity contribution in [3.63, 3.8) is 0 Å². The lowest BCUT2D eigenvalue weighted by atomic mass is 9.98. The summed E-state index contributed by atoms with van der Waals surface area (Å²) in [5.41, 5.74) is 4.75. The van der Waals surface area contributed by atoms with E-state index in [0.717, 1.165) is 22.3 Å². The molecule has 0 atom stereocenters. The molecule has 4 aromatic rings. The first-order valence-electron chi connectivity index (χ1n) is 10.3. The molecule has 2 aromatic heterocycles. The molecule has 0 spiro atoms. The molecule has 0 unspecified atom stereocenters. The molecule has 2 amide bonds. The topological polar surface area (TPSA) is 102 Å². The van der Waals surface area contributed by atoms with Crippen LogP contribution in [0.15, 0.2) is 44.0 Å². The van der Waals surface area contributed by atoms with Crippen molar-refractivity contribution in [1.82, 2.24) is 0 Å². The van der Waals surface area contributed by atoms with Gasteiger partial charge in [0.15, 0.2) is 0 Å². The predicted molar refractivity (Wildman–Crippen MR) is 124 cm³/mol. The molecule has 0 saturated carbocycles. The van der Waals surface area contributed by atoms with Crippen molar-refractivity contribution in [1.29, 1.82) is 0 Å². The van der Waals surface area contributed by atoms with Crippen LogP contribution in [0.4, 0.5) is 11.4 Å². The van der Waals surface area contributed by atoms with Crippen LogP contribution >= 0.6 is 0 Å². The molecule has 2 aromatic carbocycles. The number of hydrogen-bond donors (Lipinski definition) is 2. The summed E-state index contributed by atoms with van der Waals surface area (Å²) < 4.78 is 11.6. The molecular formula is C25H24N2O5. The first-order chi connectivity index (χ1) is 15.2. The summed E-state index contributed by atoms with van der Waals surface area (Å²) in [6.45, 7) is 9.10. The SMILES string of the molecule is CC(=O)Nc1ccc(NC(=O)Cc2c(C)c3c(cc(C)c4c(C)c(C)oc43)oc2=O)cc1. The van der Waals surface area contributed by atoms with Gasteiger partial charge in [-0.25, -0.2) is 4.79 Å². The van der Waals surface area contributed by atoms with Gasteiger partial charge in [-0.1, -0.05) is 0 Å². The van der Waals surface area contributed by atoms with E-state index in [1.807, 2.05) is 33.8 Å². The van der Waals surface area contributed by atoms with Crippen LogP contribution in [-0.2, 0) is 16.0 Å². The van der Waals surface area contributed by atoms with E-state index in [-0.39, 0.29) is 18.2 Å². The monoisotopic (exact) mass is 432 g/mol. The highest BCUT2D eigenvalue weighted by atomic mass is 16.4. The highest BCUT2D eigenvalue weighted by Crippen LogP contribution is 2.36. The molecule has 164 valence electrons. The Morgan fingerprint density at radius 2 is 1.50 bits per heavy atom. The Morgan fingerprint density at radius 3 is 2.12 bits per heavy atom. The Kier molecular flexibility index (Phi) is 5.34. The predicted octanol–water partition coefficient (Wildman–Crippen LogP) is 4.91. The first-order valence-corrected chi connectivity index (χ1v) is 10.3. The lowest BCUT2D eigenvalue weighted by Crippen LogP contribution is -2.20. The molecule has 0 fully saturated rings. The van der Waals surface area contributed by atoms with Crippen molar-refractivity contribution >= 4 is 45.1 Å². The van der Waals surface area contributed by atoms with E-state index in [1.165, 1.54) is 6.92 Å². The number of hydrogen-bond acceptors (Lipinski definition) is 5. The lowest BCUT2D eigenvalue weighted by molar-refractivity contribution is -0.116. The van der Waals surface area contributed by atoms with Crippen molar-refractivity contribution in [2.45, 2.75) is 41.0 Å². The van der Waals surface area contributed by atoms with E-state index in [9.17, 15) is 14.4 Å². The Labute approximate surface area is 184 Å². The Morgan fingerprint density at radius 1 is 0.875 bits per heavy atom. The van der Waals surface area contributed by atoms with Crippen LogP contribution in [0.2, 0.25) is 0 Å². The number of aryl methyl sites for hydroxylation is 4. The van der Waals surface area contributed by atoms with Gasteiger partial charge >= 0.3 is 5.63 Å². The van der Waals surface area contributed by atoms with Crippen LogP contribution in [0, 0.1) is 27.7 Å². The van der Waals surface area contributed by atoms with Crippen molar-refractivity contribution < 1.29 is 18.4 Å². The Hall–Kier alpha value is -3.87. The van der Waals surface area contributed by atoms with Crippen LogP contribution < -0.4 is 16.3 Å². The highest BCUT2D eigenvalue weighted by Gasteiger charge is 2.21. The average molecular weight is 432 g/mol. The molecule has 0 bridgehead atoms. The lowest BCUT2D eigenvalue weighted by Gasteiger charge is -2.10. The summed E-state index contributed by atoms with van der Waals surface area (Å²) >= 11 is 0. The van der Waals surface area contributed by atoms with Crippen molar-refractivity contribution in [3.05, 3.63) is 68.8 Å². The smallest absolute Gasteiger partial charge is 0.340 e. The minimum Gasteiger partial charge on any atom is -0.460 e. The van der Waals surface area contributed by atoms with E-state index in [4.69, 9.17) is 8.83 Å². The third kappa shape index (κ3) is 3.77. The second-order valence-corrected chi connectivity index (χ2v) is 8.03. The van der Waals surface area contributed by atoms with Gasteiger partial charge in [-0.2, -0.15) is 0 Å². The number of anilines is 2. The summed E-state index contributed by atoms with van der Waals surface area (Å²) in [5.74, 6) is 0.289. The number of fused-ring (bicyclic) bond motifs is 3. The molecule has 0 radical (unpaired) electrons. The van der Waals surface area contributed by atoms with Crippen LogP contribution in [-0.4, -0.2) is 11.8 Å². The minimum absolute atomic E-state index is 0.133. The quantitative estimate of drug-likeness (QED) is 0.446. The first kappa shape index (κ1) is 21.4. The second-order valence-electron chi connectivity index (χ2n) is 8.03. The van der Waals surface area contributed by atoms with E-state index >= 15 is 0 Å². The highest BCUT2D eigenvalue weighted by molar-refractivity contribution is 6.07. The molecule has 4 rings (SSSR count). The number of carbonyl (C=O) groups excluding carboxylic acids is 2. The number of furan rings is 1. The van der Waals surface area contributed by atoms with E-state index in [1.54, 1.807) is 24.3 Å². The normalized spacial score (nSPS) is 11.2. The zero-order chi connectivity index (χ0) is 23.2. The van der Waals surface area contributed by atoms with E-state index in [0.29, 0.717) is 39.1 Å². The molecule has 2 heterocycles. The minimum atomic E-state index is -0.537. The van der Waals surface area contributed by atoms with Gasteiger partial charge in [0.1, 0.15) is 16.9 Å². The number of benzene rings is 2. The van der Waals surface area contributed by atoms with Gasteiger partial charge in [0, 0.05) is 23.7 Å². The third-order valence-electron chi connectivity index (χ3n) is 5.70. The van der Waals surface area contributed by atoms with Crippen LogP contribution in [0.1, 0.15) is 34.9 Å². The van der Waals surface area contributed by atoms with Gasteiger partial charge in [0.2, 0.25) is 11.8 Å². The number of nitrogens with one attached hydrogen (secondary N) is 2. The van der Waals surface area contributed by atoms with E-state index < -0.39 is 5.63 Å². The zero-order valence-electron chi connectivity index (χ0n) is 18.6. The third-order valence-corrected chi connectivity index (χ3v) is 5.70.